The highest BCUT2D eigenvalue weighted by atomic mass is 16.5. The Kier molecular flexibility index (Phi) is 7.48. The van der Waals surface area contributed by atoms with E-state index in [2.05, 4.69) is 0 Å². The van der Waals surface area contributed by atoms with Crippen molar-refractivity contribution in [3.05, 3.63) is 0 Å². The van der Waals surface area contributed by atoms with E-state index in [1.165, 1.54) is 0 Å². The molecule has 0 aliphatic rings. The summed E-state index contributed by atoms with van der Waals surface area (Å²) in [6, 6.07) is 0. The molecule has 0 bridgehead atoms. The highest BCUT2D eigenvalue weighted by Crippen LogP contribution is 2.29. The third-order valence-corrected chi connectivity index (χ3v) is 2.94. The van der Waals surface area contributed by atoms with E-state index >= 15 is 0 Å². The molecule has 0 amide bonds. The Hall–Kier alpha value is -0.610. The Morgan fingerprint density at radius 2 is 1.78 bits per heavy atom. The van der Waals surface area contributed by atoms with Crippen molar-refractivity contribution in [3.63, 3.8) is 0 Å². The van der Waals surface area contributed by atoms with Gasteiger partial charge in [-0.25, -0.2) is 0 Å². The van der Waals surface area contributed by atoms with Gasteiger partial charge in [-0.3, -0.25) is 4.79 Å². The third kappa shape index (κ3) is 5.83. The number of hydrogen-bond donors (Lipinski definition) is 1. The first-order chi connectivity index (χ1) is 8.31. The molecule has 0 saturated heterocycles. The van der Waals surface area contributed by atoms with E-state index < -0.39 is 5.41 Å². The van der Waals surface area contributed by atoms with Gasteiger partial charge < -0.3 is 15.2 Å². The molecule has 2 N–H and O–H groups in total. The summed E-state index contributed by atoms with van der Waals surface area (Å²) in [7, 11) is 0. The van der Waals surface area contributed by atoms with Gasteiger partial charge in [-0.05, 0) is 40.5 Å². The minimum atomic E-state index is -0.587. The van der Waals surface area contributed by atoms with Crippen LogP contribution in [0.5, 0.6) is 0 Å². The lowest BCUT2D eigenvalue weighted by Gasteiger charge is -2.31. The van der Waals surface area contributed by atoms with Crippen LogP contribution in [0, 0.1) is 5.41 Å². The maximum Gasteiger partial charge on any atom is 0.313 e. The van der Waals surface area contributed by atoms with Gasteiger partial charge in [-0.1, -0.05) is 13.3 Å². The lowest BCUT2D eigenvalue weighted by Crippen LogP contribution is -2.41. The second kappa shape index (κ2) is 7.74. The van der Waals surface area contributed by atoms with Gasteiger partial charge >= 0.3 is 5.97 Å². The lowest BCUT2D eigenvalue weighted by molar-refractivity contribution is -0.157. The van der Waals surface area contributed by atoms with Crippen LogP contribution in [-0.4, -0.2) is 31.3 Å². The third-order valence-electron chi connectivity index (χ3n) is 2.94. The number of ether oxygens (including phenoxy) is 2. The summed E-state index contributed by atoms with van der Waals surface area (Å²) in [5.41, 5.74) is 5.04. The summed E-state index contributed by atoms with van der Waals surface area (Å²) in [5.74, 6) is -0.188. The number of hydrogen-bond acceptors (Lipinski definition) is 4. The van der Waals surface area contributed by atoms with Crippen molar-refractivity contribution in [3.8, 4) is 0 Å². The summed E-state index contributed by atoms with van der Waals surface area (Å²) in [4.78, 5) is 12.1. The molecule has 0 heterocycles. The monoisotopic (exact) mass is 259 g/mol. The highest BCUT2D eigenvalue weighted by molar-refractivity contribution is 5.77. The molecule has 0 aliphatic heterocycles. The molecule has 0 aromatic carbocycles. The van der Waals surface area contributed by atoms with Gasteiger partial charge in [0.1, 0.15) is 0 Å². The molecule has 0 fully saturated rings. The molecule has 1 atom stereocenters. The largest absolute Gasteiger partial charge is 0.466 e. The summed E-state index contributed by atoms with van der Waals surface area (Å²) >= 11 is 0. The van der Waals surface area contributed by atoms with Crippen molar-refractivity contribution in [1.29, 1.82) is 0 Å². The zero-order valence-electron chi connectivity index (χ0n) is 12.5. The van der Waals surface area contributed by atoms with Gasteiger partial charge in [0.25, 0.3) is 0 Å². The van der Waals surface area contributed by atoms with Crippen LogP contribution in [0.25, 0.3) is 0 Å². The maximum atomic E-state index is 12.1. The van der Waals surface area contributed by atoms with E-state index in [4.69, 9.17) is 15.2 Å². The molecule has 0 aromatic rings. The minimum absolute atomic E-state index is 0.188. The van der Waals surface area contributed by atoms with Crippen molar-refractivity contribution in [2.45, 2.75) is 59.5 Å². The summed E-state index contributed by atoms with van der Waals surface area (Å²) < 4.78 is 10.9. The second-order valence-electron chi connectivity index (χ2n) is 5.67. The van der Waals surface area contributed by atoms with Gasteiger partial charge in [-0.15, -0.1) is 0 Å². The molecule has 0 aliphatic carbocycles. The molecule has 4 nitrogen and oxygen atoms in total. The Balaban J connectivity index is 4.60. The number of nitrogens with two attached hydrogens (primary N) is 1. The molecule has 0 radical (unpaired) electrons. The van der Waals surface area contributed by atoms with Crippen LogP contribution in [0.15, 0.2) is 0 Å². The van der Waals surface area contributed by atoms with Crippen molar-refractivity contribution in [2.24, 2.45) is 11.1 Å². The zero-order chi connectivity index (χ0) is 14.2. The van der Waals surface area contributed by atoms with Crippen LogP contribution in [0.4, 0.5) is 0 Å². The Morgan fingerprint density at radius 1 is 1.17 bits per heavy atom. The Bertz CT molecular complexity index is 248. The molecule has 1 unspecified atom stereocenters. The van der Waals surface area contributed by atoms with Crippen LogP contribution < -0.4 is 5.73 Å². The lowest BCUT2D eigenvalue weighted by atomic mass is 9.80. The number of esters is 1. The molecule has 0 rings (SSSR count). The predicted molar refractivity (Wildman–Crippen MR) is 73.4 cm³/mol. The summed E-state index contributed by atoms with van der Waals surface area (Å²) in [5, 5.41) is 0. The van der Waals surface area contributed by atoms with Crippen molar-refractivity contribution in [1.82, 2.24) is 0 Å². The molecular formula is C14H29NO3. The van der Waals surface area contributed by atoms with Crippen LogP contribution in [-0.2, 0) is 14.3 Å². The van der Waals surface area contributed by atoms with Gasteiger partial charge in [0.05, 0.1) is 17.6 Å². The van der Waals surface area contributed by atoms with Crippen molar-refractivity contribution < 1.29 is 14.3 Å². The molecule has 0 aromatic heterocycles. The van der Waals surface area contributed by atoms with Crippen LogP contribution in [0.1, 0.15) is 53.9 Å². The molecule has 18 heavy (non-hydrogen) atoms. The first kappa shape index (κ1) is 17.4. The molecule has 108 valence electrons. The van der Waals surface area contributed by atoms with E-state index in [1.54, 1.807) is 0 Å². The van der Waals surface area contributed by atoms with E-state index in [9.17, 15) is 4.79 Å². The summed E-state index contributed by atoms with van der Waals surface area (Å²) in [6.45, 7) is 11.1. The second-order valence-corrected chi connectivity index (χ2v) is 5.67. The van der Waals surface area contributed by atoms with Gasteiger partial charge in [-0.2, -0.15) is 0 Å². The Morgan fingerprint density at radius 3 is 2.17 bits per heavy atom. The normalized spacial score (nSPS) is 15.2. The predicted octanol–water partition coefficient (Wildman–Crippen LogP) is 2.50. The fourth-order valence-corrected chi connectivity index (χ4v) is 1.93. The minimum Gasteiger partial charge on any atom is -0.466 e. The number of carbonyl (C=O) groups excluding carboxylic acids is 1. The molecule has 0 spiro atoms. The van der Waals surface area contributed by atoms with E-state index in [0.29, 0.717) is 26.2 Å². The molecule has 4 heteroatoms. The van der Waals surface area contributed by atoms with Gasteiger partial charge in [0.2, 0.25) is 0 Å². The average molecular weight is 259 g/mol. The topological polar surface area (TPSA) is 61.5 Å². The van der Waals surface area contributed by atoms with E-state index in [0.717, 1.165) is 12.8 Å². The molecular weight excluding hydrogens is 230 g/mol. The Labute approximate surface area is 111 Å². The maximum absolute atomic E-state index is 12.1. The number of carbonyl (C=O) groups is 1. The fraction of sp³-hybridized carbons (Fsp3) is 0.929. The first-order valence-electron chi connectivity index (χ1n) is 6.82. The van der Waals surface area contributed by atoms with Gasteiger partial charge in [0, 0.05) is 13.2 Å². The standard InChI is InChI=1S/C14H29NO3/c1-6-8-14(11-15,12(16)17-7-2)9-10-18-13(3,4)5/h6-11,15H2,1-5H3. The van der Waals surface area contributed by atoms with Crippen molar-refractivity contribution >= 4 is 5.97 Å². The number of rotatable bonds is 8. The van der Waals surface area contributed by atoms with Crippen LogP contribution in [0.2, 0.25) is 0 Å². The quantitative estimate of drug-likeness (QED) is 0.680. The highest BCUT2D eigenvalue weighted by Gasteiger charge is 2.37. The first-order valence-corrected chi connectivity index (χ1v) is 6.82. The zero-order valence-corrected chi connectivity index (χ0v) is 12.5. The van der Waals surface area contributed by atoms with Crippen LogP contribution in [0.3, 0.4) is 0 Å². The van der Waals surface area contributed by atoms with Crippen molar-refractivity contribution in [2.75, 3.05) is 19.8 Å². The average Bonchev–Trinajstić information content (AvgIpc) is 2.26. The van der Waals surface area contributed by atoms with Gasteiger partial charge in [0.15, 0.2) is 0 Å². The van der Waals surface area contributed by atoms with E-state index in [-0.39, 0.29) is 11.6 Å². The molecule has 0 saturated carbocycles. The fourth-order valence-electron chi connectivity index (χ4n) is 1.93. The smallest absolute Gasteiger partial charge is 0.313 e. The van der Waals surface area contributed by atoms with Crippen LogP contribution >= 0.6 is 0 Å². The SMILES string of the molecule is CCCC(CN)(CCOC(C)(C)C)C(=O)OCC. The summed E-state index contributed by atoms with van der Waals surface area (Å²) in [6.07, 6.45) is 2.27. The van der Waals surface area contributed by atoms with E-state index in [1.807, 2.05) is 34.6 Å².